The predicted molar refractivity (Wildman–Crippen MR) is 111 cm³/mol. The van der Waals surface area contributed by atoms with Gasteiger partial charge in [0.2, 0.25) is 0 Å². The number of rotatable bonds is 2. The smallest absolute Gasteiger partial charge is 0.275 e. The van der Waals surface area contributed by atoms with E-state index in [1.54, 1.807) is 29.5 Å². The molecular weight excluding hydrogens is 368 g/mol. The fourth-order valence-corrected chi connectivity index (χ4v) is 3.92. The Morgan fingerprint density at radius 3 is 2.54 bits per heavy atom. The predicted octanol–water partition coefficient (Wildman–Crippen LogP) is 4.35. The fourth-order valence-electron chi connectivity index (χ4n) is 3.26. The molecule has 0 fully saturated rings. The lowest BCUT2D eigenvalue weighted by molar-refractivity contribution is 1.03. The highest BCUT2D eigenvalue weighted by Gasteiger charge is 2.17. The van der Waals surface area contributed by atoms with Crippen molar-refractivity contribution in [3.05, 3.63) is 80.3 Å². The second-order valence-electron chi connectivity index (χ2n) is 6.40. The number of pyridine rings is 1. The number of nitrogens with two attached hydrogens (primary N) is 1. The molecule has 0 amide bonds. The van der Waals surface area contributed by atoms with Gasteiger partial charge in [-0.25, -0.2) is 0 Å². The van der Waals surface area contributed by atoms with Gasteiger partial charge in [-0.05, 0) is 58.6 Å². The molecule has 2 heterocycles. The molecule has 0 spiro atoms. The van der Waals surface area contributed by atoms with Crippen LogP contribution in [0.4, 0.5) is 5.69 Å². The largest absolute Gasteiger partial charge is 0.397 e. The van der Waals surface area contributed by atoms with Crippen molar-refractivity contribution in [2.24, 2.45) is 0 Å². The van der Waals surface area contributed by atoms with E-state index >= 15 is 0 Å². The Bertz CT molecular complexity index is 1370. The van der Waals surface area contributed by atoms with Crippen LogP contribution < -0.4 is 11.3 Å². The van der Waals surface area contributed by atoms with Crippen LogP contribution in [0.2, 0.25) is 0 Å². The van der Waals surface area contributed by atoms with Crippen LogP contribution >= 0.6 is 11.3 Å². The summed E-state index contributed by atoms with van der Waals surface area (Å²) >= 11 is 1.59. The molecule has 5 nitrogen and oxygen atoms in total. The van der Waals surface area contributed by atoms with Gasteiger partial charge in [-0.3, -0.25) is 9.36 Å². The molecule has 4 aromatic rings. The third kappa shape index (κ3) is 2.64. The van der Waals surface area contributed by atoms with Gasteiger partial charge < -0.3 is 5.73 Å². The van der Waals surface area contributed by atoms with E-state index in [-0.39, 0.29) is 11.3 Å². The van der Waals surface area contributed by atoms with Crippen molar-refractivity contribution in [2.45, 2.75) is 6.92 Å². The first-order chi connectivity index (χ1) is 13.5. The van der Waals surface area contributed by atoms with Crippen molar-refractivity contribution in [1.29, 1.82) is 10.5 Å². The number of benzene rings is 2. The van der Waals surface area contributed by atoms with Crippen molar-refractivity contribution in [3.63, 3.8) is 0 Å². The number of hydrogen-bond donors (Lipinski definition) is 1. The summed E-state index contributed by atoms with van der Waals surface area (Å²) in [4.78, 5) is 13.1. The third-order valence-electron chi connectivity index (χ3n) is 4.78. The van der Waals surface area contributed by atoms with Gasteiger partial charge >= 0.3 is 0 Å². The lowest BCUT2D eigenvalue weighted by atomic mass is 10.0. The monoisotopic (exact) mass is 382 g/mol. The minimum Gasteiger partial charge on any atom is -0.397 e. The van der Waals surface area contributed by atoms with Gasteiger partial charge in [-0.15, -0.1) is 0 Å². The minimum absolute atomic E-state index is 0.102. The van der Waals surface area contributed by atoms with Gasteiger partial charge in [0.25, 0.3) is 5.56 Å². The summed E-state index contributed by atoms with van der Waals surface area (Å²) < 4.78 is 1.46. The van der Waals surface area contributed by atoms with Gasteiger partial charge in [-0.1, -0.05) is 18.2 Å². The quantitative estimate of drug-likeness (QED) is 0.557. The van der Waals surface area contributed by atoms with Crippen molar-refractivity contribution < 1.29 is 0 Å². The van der Waals surface area contributed by atoms with E-state index in [1.165, 1.54) is 4.57 Å². The molecule has 0 aliphatic carbocycles. The molecule has 2 N–H and O–H groups in total. The first kappa shape index (κ1) is 17.5. The lowest BCUT2D eigenvalue weighted by Gasteiger charge is -2.15. The number of fused-ring (bicyclic) bond motifs is 1. The number of aryl methyl sites for hydroxylation is 1. The van der Waals surface area contributed by atoms with Crippen molar-refractivity contribution >= 4 is 27.9 Å². The van der Waals surface area contributed by atoms with Crippen LogP contribution in [0.5, 0.6) is 0 Å². The zero-order valence-corrected chi connectivity index (χ0v) is 15.7. The van der Waals surface area contributed by atoms with Crippen molar-refractivity contribution in [1.82, 2.24) is 4.57 Å². The number of nitrogens with zero attached hydrogens (tertiary/aromatic N) is 3. The van der Waals surface area contributed by atoms with Gasteiger partial charge in [0.05, 0.1) is 28.5 Å². The average Bonchev–Trinajstić information content (AvgIpc) is 3.24. The molecule has 0 atom stereocenters. The number of nitrogen functional groups attached to an aromatic ring is 1. The number of anilines is 1. The summed E-state index contributed by atoms with van der Waals surface area (Å²) in [5.74, 6) is 0. The van der Waals surface area contributed by atoms with E-state index in [9.17, 15) is 15.3 Å². The molecule has 0 aliphatic heterocycles. The first-order valence-electron chi connectivity index (χ1n) is 8.47. The summed E-state index contributed by atoms with van der Waals surface area (Å²) in [6, 6.07) is 16.9. The maximum Gasteiger partial charge on any atom is 0.275 e. The van der Waals surface area contributed by atoms with E-state index in [0.717, 1.165) is 16.7 Å². The summed E-state index contributed by atoms with van der Waals surface area (Å²) in [6.45, 7) is 1.83. The van der Waals surface area contributed by atoms with Crippen LogP contribution in [0.25, 0.3) is 27.7 Å². The van der Waals surface area contributed by atoms with Gasteiger partial charge in [0, 0.05) is 5.39 Å². The van der Waals surface area contributed by atoms with Crippen LogP contribution in [0.3, 0.4) is 0 Å². The van der Waals surface area contributed by atoms with Crippen LogP contribution in [0, 0.1) is 29.6 Å². The van der Waals surface area contributed by atoms with Crippen LogP contribution in [0.1, 0.15) is 16.7 Å². The van der Waals surface area contributed by atoms with Crippen LogP contribution in [-0.2, 0) is 0 Å². The lowest BCUT2D eigenvalue weighted by Crippen LogP contribution is -2.23. The molecule has 0 saturated heterocycles. The molecule has 134 valence electrons. The zero-order valence-electron chi connectivity index (χ0n) is 14.9. The summed E-state index contributed by atoms with van der Waals surface area (Å²) in [5.41, 5.74) is 10.1. The number of nitriles is 2. The van der Waals surface area contributed by atoms with E-state index in [1.807, 2.05) is 48.0 Å². The van der Waals surface area contributed by atoms with E-state index in [0.29, 0.717) is 22.2 Å². The molecule has 4 rings (SSSR count). The third-order valence-corrected chi connectivity index (χ3v) is 5.46. The Hall–Kier alpha value is -3.87. The maximum absolute atomic E-state index is 13.1. The van der Waals surface area contributed by atoms with E-state index in [2.05, 4.69) is 6.07 Å². The Kier molecular flexibility index (Phi) is 4.19. The second kappa shape index (κ2) is 6.70. The molecule has 28 heavy (non-hydrogen) atoms. The molecule has 0 bridgehead atoms. The molecule has 2 aromatic heterocycles. The van der Waals surface area contributed by atoms with Crippen LogP contribution in [0.15, 0.2) is 58.0 Å². The Morgan fingerprint density at radius 2 is 1.86 bits per heavy atom. The van der Waals surface area contributed by atoms with Gasteiger partial charge in [-0.2, -0.15) is 21.9 Å². The normalized spacial score (nSPS) is 10.5. The number of thiophene rings is 1. The topological polar surface area (TPSA) is 95.6 Å². The highest BCUT2D eigenvalue weighted by atomic mass is 32.1. The summed E-state index contributed by atoms with van der Waals surface area (Å²) in [5, 5.41) is 23.5. The Labute approximate surface area is 165 Å². The number of aromatic nitrogens is 1. The summed E-state index contributed by atoms with van der Waals surface area (Å²) in [6.07, 6.45) is 0. The van der Waals surface area contributed by atoms with Crippen LogP contribution in [-0.4, -0.2) is 4.57 Å². The Balaban J connectivity index is 2.14. The number of hydrogen-bond acceptors (Lipinski definition) is 5. The zero-order chi connectivity index (χ0) is 19.8. The van der Waals surface area contributed by atoms with E-state index < -0.39 is 5.56 Å². The minimum atomic E-state index is -0.497. The molecule has 6 heteroatoms. The van der Waals surface area contributed by atoms with Crippen molar-refractivity contribution in [2.75, 3.05) is 5.73 Å². The highest BCUT2D eigenvalue weighted by molar-refractivity contribution is 7.08. The molecular formula is C22H14N4OS. The molecule has 2 aromatic carbocycles. The first-order valence-corrected chi connectivity index (χ1v) is 9.41. The molecule has 0 saturated carbocycles. The molecule has 0 aliphatic rings. The average molecular weight is 382 g/mol. The maximum atomic E-state index is 13.1. The standard InChI is InChI=1S/C22H14N4OS/c1-13-2-4-17(8-16(13)10-23)26-20-9-14(15-6-7-28-12-15)3-5-18(20)21(25)19(11-24)22(26)27/h2-9,12H,25H2,1H3. The summed E-state index contributed by atoms with van der Waals surface area (Å²) in [7, 11) is 0. The van der Waals surface area contributed by atoms with E-state index in [4.69, 9.17) is 5.73 Å². The SMILES string of the molecule is Cc1ccc(-n2c(=O)c(C#N)c(N)c3ccc(-c4ccsc4)cc32)cc1C#N. The van der Waals surface area contributed by atoms with Gasteiger partial charge in [0.15, 0.2) is 0 Å². The van der Waals surface area contributed by atoms with Gasteiger partial charge in [0.1, 0.15) is 11.6 Å². The fraction of sp³-hybridized carbons (Fsp3) is 0.0455. The molecule has 0 radical (unpaired) electrons. The Morgan fingerprint density at radius 1 is 1.04 bits per heavy atom. The van der Waals surface area contributed by atoms with Crippen molar-refractivity contribution in [3.8, 4) is 29.0 Å². The highest BCUT2D eigenvalue weighted by Crippen LogP contribution is 2.30. The second-order valence-corrected chi connectivity index (χ2v) is 7.18. The molecule has 0 unspecified atom stereocenters.